The largest absolute Gasteiger partial charge is 0.326 e. The Kier molecular flexibility index (Phi) is 5.79. The molecule has 1 amide bonds. The lowest BCUT2D eigenvalue weighted by Gasteiger charge is -2.01. The van der Waals surface area contributed by atoms with Gasteiger partial charge in [0.25, 0.3) is 0 Å². The first kappa shape index (κ1) is 12.8. The average molecular weight is 258 g/mol. The molecule has 76 valence electrons. The first-order valence-electron chi connectivity index (χ1n) is 4.03. The van der Waals surface area contributed by atoms with Crippen molar-refractivity contribution in [3.63, 3.8) is 0 Å². The summed E-state index contributed by atoms with van der Waals surface area (Å²) in [5.74, 6) is -0.396. The van der Waals surface area contributed by atoms with Gasteiger partial charge in [-0.25, -0.2) is 0 Å². The Morgan fingerprint density at radius 2 is 1.79 bits per heavy atom. The minimum Gasteiger partial charge on any atom is -0.326 e. The van der Waals surface area contributed by atoms with Crippen molar-refractivity contribution in [3.05, 3.63) is 30.3 Å². The molecule has 0 aliphatic heterocycles. The van der Waals surface area contributed by atoms with Crippen molar-refractivity contribution in [1.29, 1.82) is 0 Å². The lowest BCUT2D eigenvalue weighted by molar-refractivity contribution is -0.124. The molecular weight excluding hydrogens is 246 g/mol. The summed E-state index contributed by atoms with van der Waals surface area (Å²) in [4.78, 5) is 21.7. The Bertz CT molecular complexity index is 311. The molecule has 0 saturated heterocycles. The number of para-hydroxylation sites is 1. The highest BCUT2D eigenvalue weighted by Crippen LogP contribution is 2.05. The summed E-state index contributed by atoms with van der Waals surface area (Å²) in [5, 5.41) is 2.61. The van der Waals surface area contributed by atoms with E-state index in [0.29, 0.717) is 5.69 Å². The third-order valence-corrected chi connectivity index (χ3v) is 1.47. The second-order valence-electron chi connectivity index (χ2n) is 2.79. The number of carbonyl (C=O) groups is 2. The van der Waals surface area contributed by atoms with E-state index in [1.54, 1.807) is 12.1 Å². The van der Waals surface area contributed by atoms with E-state index in [0.717, 1.165) is 0 Å². The monoisotopic (exact) mass is 257 g/mol. The van der Waals surface area contributed by atoms with E-state index in [9.17, 15) is 9.59 Å². The Hall–Kier alpha value is -1.16. The van der Waals surface area contributed by atoms with Gasteiger partial charge in [-0.05, 0) is 19.1 Å². The molecule has 14 heavy (non-hydrogen) atoms. The van der Waals surface area contributed by atoms with Crippen LogP contribution < -0.4 is 5.32 Å². The molecule has 0 spiro atoms. The summed E-state index contributed by atoms with van der Waals surface area (Å²) in [6, 6.07) is 9.06. The zero-order chi connectivity index (χ0) is 9.68. The number of amides is 1. The van der Waals surface area contributed by atoms with Gasteiger partial charge in [-0.3, -0.25) is 9.59 Å². The average Bonchev–Trinajstić information content (AvgIpc) is 2.04. The van der Waals surface area contributed by atoms with E-state index in [-0.39, 0.29) is 35.1 Å². The molecule has 1 aromatic carbocycles. The second-order valence-corrected chi connectivity index (χ2v) is 2.79. The van der Waals surface area contributed by atoms with Crippen LogP contribution in [0.3, 0.4) is 0 Å². The van der Waals surface area contributed by atoms with Crippen LogP contribution in [0.4, 0.5) is 5.69 Å². The van der Waals surface area contributed by atoms with Crippen molar-refractivity contribution in [2.45, 2.75) is 13.3 Å². The predicted octanol–water partition coefficient (Wildman–Crippen LogP) is 2.18. The minimum absolute atomic E-state index is 0. The van der Waals surface area contributed by atoms with Crippen molar-refractivity contribution >= 4 is 34.4 Å². The Morgan fingerprint density at radius 3 is 2.29 bits per heavy atom. The number of hydrogen-bond acceptors (Lipinski definition) is 2. The topological polar surface area (TPSA) is 46.2 Å². The summed E-state index contributed by atoms with van der Waals surface area (Å²) in [6.07, 6.45) is -0.0606. The number of benzene rings is 1. The van der Waals surface area contributed by atoms with Gasteiger partial charge in [-0.1, -0.05) is 18.2 Å². The highest BCUT2D eigenvalue weighted by Gasteiger charge is 2.04. The van der Waals surface area contributed by atoms with Crippen LogP contribution in [0.5, 0.6) is 0 Å². The molecule has 0 aromatic heterocycles. The van der Waals surface area contributed by atoms with Gasteiger partial charge in [-0.2, -0.15) is 0 Å². The molecule has 0 aliphatic rings. The van der Waals surface area contributed by atoms with Gasteiger partial charge in [0.2, 0.25) is 5.91 Å². The van der Waals surface area contributed by atoms with Crippen LogP contribution in [0.15, 0.2) is 30.3 Å². The highest BCUT2D eigenvalue weighted by molar-refractivity contribution is 8.93. The summed E-state index contributed by atoms with van der Waals surface area (Å²) in [5.41, 5.74) is 0.716. The third kappa shape index (κ3) is 4.77. The van der Waals surface area contributed by atoms with Crippen LogP contribution in [0.1, 0.15) is 13.3 Å². The summed E-state index contributed by atoms with van der Waals surface area (Å²) in [7, 11) is 0. The van der Waals surface area contributed by atoms with Crippen LogP contribution >= 0.6 is 17.0 Å². The third-order valence-electron chi connectivity index (χ3n) is 1.47. The maximum absolute atomic E-state index is 11.1. The first-order valence-corrected chi connectivity index (χ1v) is 4.03. The molecule has 3 nitrogen and oxygen atoms in total. The normalized spacial score (nSPS) is 8.64. The number of ketones is 1. The van der Waals surface area contributed by atoms with Gasteiger partial charge in [0.05, 0.1) is 6.42 Å². The van der Waals surface area contributed by atoms with Crippen molar-refractivity contribution in [2.24, 2.45) is 0 Å². The number of halogens is 1. The number of anilines is 1. The van der Waals surface area contributed by atoms with Crippen molar-refractivity contribution in [2.75, 3.05) is 5.32 Å². The Labute approximate surface area is 93.3 Å². The minimum atomic E-state index is -0.265. The lowest BCUT2D eigenvalue weighted by Crippen LogP contribution is -2.14. The van der Waals surface area contributed by atoms with Crippen LogP contribution in [0.25, 0.3) is 0 Å². The number of hydrogen-bond donors (Lipinski definition) is 1. The van der Waals surface area contributed by atoms with Gasteiger partial charge in [-0.15, -0.1) is 17.0 Å². The fourth-order valence-corrected chi connectivity index (χ4v) is 0.953. The Balaban J connectivity index is 0.00000169. The summed E-state index contributed by atoms with van der Waals surface area (Å²) < 4.78 is 0. The highest BCUT2D eigenvalue weighted by atomic mass is 79.9. The molecule has 0 atom stereocenters. The zero-order valence-corrected chi connectivity index (χ0v) is 9.53. The van der Waals surface area contributed by atoms with Gasteiger partial charge < -0.3 is 5.32 Å². The van der Waals surface area contributed by atoms with E-state index in [1.165, 1.54) is 6.92 Å². The predicted molar refractivity (Wildman–Crippen MR) is 60.7 cm³/mol. The molecular formula is C10H12BrNO2. The fourth-order valence-electron chi connectivity index (χ4n) is 0.953. The maximum Gasteiger partial charge on any atom is 0.231 e. The molecule has 4 heteroatoms. The number of nitrogens with one attached hydrogen (secondary N) is 1. The molecule has 0 bridgehead atoms. The van der Waals surface area contributed by atoms with Crippen LogP contribution in [-0.2, 0) is 9.59 Å². The Morgan fingerprint density at radius 1 is 1.21 bits per heavy atom. The van der Waals surface area contributed by atoms with Crippen LogP contribution in [-0.4, -0.2) is 11.7 Å². The zero-order valence-electron chi connectivity index (χ0n) is 7.82. The quantitative estimate of drug-likeness (QED) is 0.844. The van der Waals surface area contributed by atoms with E-state index >= 15 is 0 Å². The van der Waals surface area contributed by atoms with Crippen molar-refractivity contribution in [1.82, 2.24) is 0 Å². The summed E-state index contributed by atoms with van der Waals surface area (Å²) in [6.45, 7) is 1.39. The molecule has 1 rings (SSSR count). The van der Waals surface area contributed by atoms with Gasteiger partial charge in [0.15, 0.2) is 0 Å². The fraction of sp³-hybridized carbons (Fsp3) is 0.200. The molecule has 0 fully saturated rings. The van der Waals surface area contributed by atoms with E-state index in [1.807, 2.05) is 18.2 Å². The smallest absolute Gasteiger partial charge is 0.231 e. The molecule has 0 unspecified atom stereocenters. The first-order chi connectivity index (χ1) is 6.18. The number of Topliss-reactive ketones (excluding diaryl/α,β-unsaturated/α-hetero) is 1. The van der Waals surface area contributed by atoms with E-state index in [4.69, 9.17) is 0 Å². The molecule has 1 aromatic rings. The number of carbonyl (C=O) groups excluding carboxylic acids is 2. The summed E-state index contributed by atoms with van der Waals surface area (Å²) >= 11 is 0. The van der Waals surface area contributed by atoms with E-state index in [2.05, 4.69) is 5.32 Å². The molecule has 0 radical (unpaired) electrons. The molecule has 1 N–H and O–H groups in total. The second kappa shape index (κ2) is 6.32. The van der Waals surface area contributed by atoms with Crippen LogP contribution in [0.2, 0.25) is 0 Å². The number of rotatable bonds is 3. The van der Waals surface area contributed by atoms with Crippen molar-refractivity contribution in [3.8, 4) is 0 Å². The van der Waals surface area contributed by atoms with Crippen molar-refractivity contribution < 1.29 is 9.59 Å². The van der Waals surface area contributed by atoms with Gasteiger partial charge in [0, 0.05) is 5.69 Å². The van der Waals surface area contributed by atoms with E-state index < -0.39 is 0 Å². The SMILES string of the molecule is Br.CC(=O)CC(=O)Nc1ccccc1. The molecule has 0 aliphatic carbocycles. The molecule has 0 saturated carbocycles. The lowest BCUT2D eigenvalue weighted by atomic mass is 10.2. The maximum atomic E-state index is 11.1. The van der Waals surface area contributed by atoms with Gasteiger partial charge >= 0.3 is 0 Å². The standard InChI is InChI=1S/C10H11NO2.BrH/c1-8(12)7-10(13)11-9-5-3-2-4-6-9;/h2-6H,7H2,1H3,(H,11,13);1H. The van der Waals surface area contributed by atoms with Gasteiger partial charge in [0.1, 0.15) is 5.78 Å². The van der Waals surface area contributed by atoms with Crippen LogP contribution in [0, 0.1) is 0 Å². The molecule has 0 heterocycles.